The lowest BCUT2D eigenvalue weighted by molar-refractivity contribution is -0.166. The van der Waals surface area contributed by atoms with Gasteiger partial charge in [-0.25, -0.2) is 4.98 Å². The highest BCUT2D eigenvalue weighted by Crippen LogP contribution is 2.56. The number of hydrogen-bond donors (Lipinski definition) is 2. The van der Waals surface area contributed by atoms with E-state index in [9.17, 15) is 5.11 Å². The summed E-state index contributed by atoms with van der Waals surface area (Å²) in [5, 5.41) is 10.5. The number of aliphatic hydroxyl groups is 1. The summed E-state index contributed by atoms with van der Waals surface area (Å²) >= 11 is 0. The highest BCUT2D eigenvalue weighted by atomic mass is 16.3. The summed E-state index contributed by atoms with van der Waals surface area (Å²) in [4.78, 5) is 7.25. The summed E-state index contributed by atoms with van der Waals surface area (Å²) in [6.07, 6.45) is 9.51. The Morgan fingerprint density at radius 2 is 2.29 bits per heavy atom. The molecule has 0 aliphatic heterocycles. The van der Waals surface area contributed by atoms with Gasteiger partial charge < -0.3 is 10.1 Å². The molecule has 14 heavy (non-hydrogen) atoms. The molecule has 0 bridgehead atoms. The Morgan fingerprint density at radius 3 is 3.00 bits per heavy atom. The van der Waals surface area contributed by atoms with Crippen LogP contribution in [-0.4, -0.2) is 15.1 Å². The summed E-state index contributed by atoms with van der Waals surface area (Å²) < 4.78 is 0. The zero-order valence-corrected chi connectivity index (χ0v) is 8.24. The van der Waals surface area contributed by atoms with Crippen molar-refractivity contribution >= 4 is 0 Å². The number of aromatic nitrogens is 2. The van der Waals surface area contributed by atoms with Crippen molar-refractivity contribution in [2.24, 2.45) is 11.8 Å². The van der Waals surface area contributed by atoms with E-state index < -0.39 is 5.60 Å². The van der Waals surface area contributed by atoms with Crippen LogP contribution in [0.2, 0.25) is 0 Å². The van der Waals surface area contributed by atoms with Gasteiger partial charge >= 0.3 is 0 Å². The minimum atomic E-state index is -0.630. The molecule has 0 saturated heterocycles. The van der Waals surface area contributed by atoms with E-state index in [4.69, 9.17) is 0 Å². The number of H-pyrrole nitrogens is 1. The standard InChI is InChI=1S/C11H16N2O/c14-11(10-12-5-6-13-10)7-8-3-1-2-4-9(8)11/h5-6,8-9,14H,1-4,7H2,(H,12,13). The van der Waals surface area contributed by atoms with Gasteiger partial charge in [-0.3, -0.25) is 0 Å². The number of hydrogen-bond acceptors (Lipinski definition) is 2. The van der Waals surface area contributed by atoms with E-state index in [2.05, 4.69) is 9.97 Å². The fourth-order valence-corrected chi connectivity index (χ4v) is 3.25. The molecule has 3 rings (SSSR count). The first-order chi connectivity index (χ1) is 6.81. The summed E-state index contributed by atoms with van der Waals surface area (Å²) in [5.41, 5.74) is -0.630. The topological polar surface area (TPSA) is 48.9 Å². The fraction of sp³-hybridized carbons (Fsp3) is 0.727. The average Bonchev–Trinajstić information content (AvgIpc) is 2.69. The van der Waals surface area contributed by atoms with Crippen LogP contribution in [0.5, 0.6) is 0 Å². The molecular weight excluding hydrogens is 176 g/mol. The number of fused-ring (bicyclic) bond motifs is 1. The Labute approximate surface area is 83.6 Å². The Morgan fingerprint density at radius 1 is 1.43 bits per heavy atom. The van der Waals surface area contributed by atoms with Crippen molar-refractivity contribution in [3.63, 3.8) is 0 Å². The molecule has 1 aromatic heterocycles. The van der Waals surface area contributed by atoms with Gasteiger partial charge in [0.25, 0.3) is 0 Å². The van der Waals surface area contributed by atoms with E-state index in [1.807, 2.05) is 0 Å². The van der Waals surface area contributed by atoms with Gasteiger partial charge in [0.2, 0.25) is 0 Å². The monoisotopic (exact) mass is 192 g/mol. The molecule has 2 aliphatic rings. The first kappa shape index (κ1) is 8.48. The van der Waals surface area contributed by atoms with Crippen LogP contribution < -0.4 is 0 Å². The summed E-state index contributed by atoms with van der Waals surface area (Å²) in [6.45, 7) is 0. The number of nitrogens with zero attached hydrogens (tertiary/aromatic N) is 1. The molecule has 3 unspecified atom stereocenters. The number of rotatable bonds is 1. The molecular formula is C11H16N2O. The second-order valence-electron chi connectivity index (χ2n) is 4.72. The lowest BCUT2D eigenvalue weighted by Crippen LogP contribution is -2.53. The number of imidazole rings is 1. The lowest BCUT2D eigenvalue weighted by Gasteiger charge is -2.53. The minimum absolute atomic E-state index is 0.461. The van der Waals surface area contributed by atoms with Crippen LogP contribution in [0.3, 0.4) is 0 Å². The van der Waals surface area contributed by atoms with Crippen LogP contribution >= 0.6 is 0 Å². The minimum Gasteiger partial charge on any atom is -0.382 e. The summed E-state index contributed by atoms with van der Waals surface area (Å²) in [5.74, 6) is 1.99. The molecule has 0 spiro atoms. The van der Waals surface area contributed by atoms with Gasteiger partial charge in [-0.05, 0) is 31.1 Å². The summed E-state index contributed by atoms with van der Waals surface area (Å²) in [6, 6.07) is 0. The molecule has 2 N–H and O–H groups in total. The van der Waals surface area contributed by atoms with E-state index in [-0.39, 0.29) is 0 Å². The molecule has 1 heterocycles. The molecule has 3 heteroatoms. The third-order valence-electron chi connectivity index (χ3n) is 4.00. The molecule has 2 aliphatic carbocycles. The van der Waals surface area contributed by atoms with Gasteiger partial charge in [0.1, 0.15) is 11.4 Å². The van der Waals surface area contributed by atoms with Gasteiger partial charge in [0.15, 0.2) is 0 Å². The highest BCUT2D eigenvalue weighted by molar-refractivity contribution is 5.14. The largest absolute Gasteiger partial charge is 0.382 e. The van der Waals surface area contributed by atoms with Crippen molar-refractivity contribution in [2.45, 2.75) is 37.7 Å². The predicted molar refractivity (Wildman–Crippen MR) is 52.5 cm³/mol. The highest BCUT2D eigenvalue weighted by Gasteiger charge is 2.55. The van der Waals surface area contributed by atoms with E-state index in [1.165, 1.54) is 25.7 Å². The van der Waals surface area contributed by atoms with E-state index in [0.29, 0.717) is 5.92 Å². The molecule has 76 valence electrons. The predicted octanol–water partition coefficient (Wildman–Crippen LogP) is 1.81. The molecule has 2 fully saturated rings. The van der Waals surface area contributed by atoms with Gasteiger partial charge in [-0.1, -0.05) is 12.8 Å². The molecule has 0 amide bonds. The molecule has 3 nitrogen and oxygen atoms in total. The second-order valence-corrected chi connectivity index (χ2v) is 4.72. The van der Waals surface area contributed by atoms with Crippen molar-refractivity contribution in [1.29, 1.82) is 0 Å². The zero-order valence-electron chi connectivity index (χ0n) is 8.24. The molecule has 0 aromatic carbocycles. The van der Waals surface area contributed by atoms with Crippen molar-refractivity contribution < 1.29 is 5.11 Å². The fourth-order valence-electron chi connectivity index (χ4n) is 3.25. The van der Waals surface area contributed by atoms with E-state index >= 15 is 0 Å². The first-order valence-corrected chi connectivity index (χ1v) is 5.53. The number of aromatic amines is 1. The molecule has 0 radical (unpaired) electrons. The second kappa shape index (κ2) is 2.83. The molecule has 3 atom stereocenters. The van der Waals surface area contributed by atoms with E-state index in [1.54, 1.807) is 12.4 Å². The lowest BCUT2D eigenvalue weighted by atomic mass is 9.55. The quantitative estimate of drug-likeness (QED) is 0.713. The Kier molecular flexibility index (Phi) is 1.71. The maximum Gasteiger partial charge on any atom is 0.138 e. The van der Waals surface area contributed by atoms with Crippen LogP contribution in [0.4, 0.5) is 0 Å². The SMILES string of the molecule is OC1(c2ncc[nH]2)CC2CCCCC21. The van der Waals surface area contributed by atoms with Crippen LogP contribution in [0, 0.1) is 11.8 Å². The van der Waals surface area contributed by atoms with Crippen LogP contribution in [0.25, 0.3) is 0 Å². The zero-order chi connectivity index (χ0) is 9.60. The van der Waals surface area contributed by atoms with Gasteiger partial charge in [0.05, 0.1) is 0 Å². The van der Waals surface area contributed by atoms with Crippen LogP contribution in [-0.2, 0) is 5.60 Å². The summed E-state index contributed by atoms with van der Waals surface area (Å²) in [7, 11) is 0. The van der Waals surface area contributed by atoms with Gasteiger partial charge in [-0.15, -0.1) is 0 Å². The van der Waals surface area contributed by atoms with E-state index in [0.717, 1.165) is 18.2 Å². The Bertz CT molecular complexity index is 322. The Balaban J connectivity index is 1.86. The Hall–Kier alpha value is -0.830. The first-order valence-electron chi connectivity index (χ1n) is 5.53. The molecule has 1 aromatic rings. The van der Waals surface area contributed by atoms with Crippen molar-refractivity contribution in [3.8, 4) is 0 Å². The third kappa shape index (κ3) is 0.989. The van der Waals surface area contributed by atoms with Crippen molar-refractivity contribution in [1.82, 2.24) is 9.97 Å². The maximum absolute atomic E-state index is 10.5. The van der Waals surface area contributed by atoms with Crippen LogP contribution in [0.1, 0.15) is 37.9 Å². The van der Waals surface area contributed by atoms with Crippen molar-refractivity contribution in [3.05, 3.63) is 18.2 Å². The maximum atomic E-state index is 10.5. The molecule has 2 saturated carbocycles. The average molecular weight is 192 g/mol. The smallest absolute Gasteiger partial charge is 0.138 e. The van der Waals surface area contributed by atoms with Gasteiger partial charge in [-0.2, -0.15) is 0 Å². The van der Waals surface area contributed by atoms with Gasteiger partial charge in [0, 0.05) is 12.4 Å². The van der Waals surface area contributed by atoms with Crippen LogP contribution in [0.15, 0.2) is 12.4 Å². The normalized spacial score (nSPS) is 41.5. The third-order valence-corrected chi connectivity index (χ3v) is 4.00. The van der Waals surface area contributed by atoms with Crippen molar-refractivity contribution in [2.75, 3.05) is 0 Å². The number of nitrogens with one attached hydrogen (secondary N) is 1.